The van der Waals surface area contributed by atoms with E-state index >= 15 is 0 Å². The van der Waals surface area contributed by atoms with Crippen molar-refractivity contribution in [1.82, 2.24) is 10.9 Å². The number of hydrazine groups is 1. The second kappa shape index (κ2) is 5.64. The van der Waals surface area contributed by atoms with E-state index in [9.17, 15) is 14.4 Å². The first kappa shape index (κ1) is 12.7. The summed E-state index contributed by atoms with van der Waals surface area (Å²) in [4.78, 5) is 32.8. The van der Waals surface area contributed by atoms with Crippen LogP contribution in [0.1, 0.15) is 24.2 Å². The number of benzene rings is 1. The number of hydrogen-bond acceptors (Lipinski definition) is 3. The van der Waals surface area contributed by atoms with Gasteiger partial charge in [-0.15, -0.1) is 0 Å². The Balaban J connectivity index is 2.63. The van der Waals surface area contributed by atoms with Crippen LogP contribution in [-0.4, -0.2) is 17.7 Å². The second-order valence-corrected chi connectivity index (χ2v) is 3.39. The van der Waals surface area contributed by atoms with Crippen molar-refractivity contribution >= 4 is 23.4 Å². The van der Waals surface area contributed by atoms with Gasteiger partial charge in [0, 0.05) is 25.1 Å². The molecule has 3 amide bonds. The van der Waals surface area contributed by atoms with E-state index in [4.69, 9.17) is 0 Å². The third-order valence-electron chi connectivity index (χ3n) is 1.82. The molecule has 0 fully saturated rings. The van der Waals surface area contributed by atoms with E-state index in [1.54, 1.807) is 24.3 Å². The molecule has 0 aliphatic rings. The number of carbonyl (C=O) groups excluding carboxylic acids is 3. The van der Waals surface area contributed by atoms with Crippen LogP contribution in [-0.2, 0) is 9.59 Å². The number of anilines is 1. The smallest absolute Gasteiger partial charge is 0.269 e. The SMILES string of the molecule is CC(=O)NNC(=O)c1ccc(NC(C)=O)cc1. The summed E-state index contributed by atoms with van der Waals surface area (Å²) in [5.41, 5.74) is 5.40. The van der Waals surface area contributed by atoms with E-state index in [2.05, 4.69) is 16.2 Å². The van der Waals surface area contributed by atoms with Gasteiger partial charge in [-0.2, -0.15) is 0 Å². The number of carbonyl (C=O) groups is 3. The molecule has 0 radical (unpaired) electrons. The Morgan fingerprint density at radius 2 is 1.47 bits per heavy atom. The molecule has 1 aromatic carbocycles. The number of hydrogen-bond donors (Lipinski definition) is 3. The van der Waals surface area contributed by atoms with Crippen molar-refractivity contribution in [3.05, 3.63) is 29.8 Å². The first-order chi connectivity index (χ1) is 7.99. The lowest BCUT2D eigenvalue weighted by Crippen LogP contribution is -2.40. The lowest BCUT2D eigenvalue weighted by Gasteiger charge is -2.06. The van der Waals surface area contributed by atoms with E-state index in [-0.39, 0.29) is 11.8 Å². The quantitative estimate of drug-likeness (QED) is 0.649. The highest BCUT2D eigenvalue weighted by Gasteiger charge is 2.05. The molecule has 0 aromatic heterocycles. The highest BCUT2D eigenvalue weighted by molar-refractivity contribution is 5.96. The second-order valence-electron chi connectivity index (χ2n) is 3.39. The van der Waals surface area contributed by atoms with Crippen molar-refractivity contribution < 1.29 is 14.4 Å². The fraction of sp³-hybridized carbons (Fsp3) is 0.182. The maximum atomic E-state index is 11.5. The van der Waals surface area contributed by atoms with E-state index in [0.29, 0.717) is 11.3 Å². The molecule has 17 heavy (non-hydrogen) atoms. The molecule has 0 unspecified atom stereocenters. The molecule has 0 atom stereocenters. The molecule has 0 heterocycles. The Hall–Kier alpha value is -2.37. The van der Waals surface area contributed by atoms with Gasteiger partial charge >= 0.3 is 0 Å². The van der Waals surface area contributed by atoms with E-state index in [1.165, 1.54) is 13.8 Å². The summed E-state index contributed by atoms with van der Waals surface area (Å²) in [6.07, 6.45) is 0. The van der Waals surface area contributed by atoms with E-state index in [1.807, 2.05) is 0 Å². The molecule has 1 rings (SSSR count). The van der Waals surface area contributed by atoms with Crippen LogP contribution < -0.4 is 16.2 Å². The largest absolute Gasteiger partial charge is 0.326 e. The zero-order valence-corrected chi connectivity index (χ0v) is 9.53. The first-order valence-electron chi connectivity index (χ1n) is 4.93. The normalized spacial score (nSPS) is 9.29. The van der Waals surface area contributed by atoms with Gasteiger partial charge in [0.25, 0.3) is 5.91 Å². The van der Waals surface area contributed by atoms with Crippen LogP contribution in [0.5, 0.6) is 0 Å². The monoisotopic (exact) mass is 235 g/mol. The van der Waals surface area contributed by atoms with Gasteiger partial charge in [0.2, 0.25) is 11.8 Å². The maximum Gasteiger partial charge on any atom is 0.269 e. The van der Waals surface area contributed by atoms with Crippen LogP contribution in [0.4, 0.5) is 5.69 Å². The molecular formula is C11H13N3O3. The van der Waals surface area contributed by atoms with Gasteiger partial charge in [-0.3, -0.25) is 25.2 Å². The van der Waals surface area contributed by atoms with Crippen molar-refractivity contribution in [3.63, 3.8) is 0 Å². The molecule has 0 bridgehead atoms. The summed E-state index contributed by atoms with van der Waals surface area (Å²) in [6, 6.07) is 6.29. The zero-order chi connectivity index (χ0) is 12.8. The summed E-state index contributed by atoms with van der Waals surface area (Å²) < 4.78 is 0. The first-order valence-corrected chi connectivity index (χ1v) is 4.93. The van der Waals surface area contributed by atoms with Crippen molar-refractivity contribution in [2.24, 2.45) is 0 Å². The van der Waals surface area contributed by atoms with Crippen molar-refractivity contribution in [2.45, 2.75) is 13.8 Å². The van der Waals surface area contributed by atoms with Gasteiger partial charge in [-0.05, 0) is 24.3 Å². The minimum absolute atomic E-state index is 0.180. The molecular weight excluding hydrogens is 222 g/mol. The van der Waals surface area contributed by atoms with Gasteiger partial charge in [0.15, 0.2) is 0 Å². The number of rotatable bonds is 2. The van der Waals surface area contributed by atoms with Crippen molar-refractivity contribution in [2.75, 3.05) is 5.32 Å². The molecule has 0 aliphatic heterocycles. The minimum Gasteiger partial charge on any atom is -0.326 e. The molecule has 6 heteroatoms. The highest BCUT2D eigenvalue weighted by Crippen LogP contribution is 2.09. The molecule has 6 nitrogen and oxygen atoms in total. The van der Waals surface area contributed by atoms with Crippen LogP contribution in [0, 0.1) is 0 Å². The zero-order valence-electron chi connectivity index (χ0n) is 9.53. The summed E-state index contributed by atoms with van der Waals surface area (Å²) in [7, 11) is 0. The summed E-state index contributed by atoms with van der Waals surface area (Å²) >= 11 is 0. The predicted octanol–water partition coefficient (Wildman–Crippen LogP) is 0.426. The average molecular weight is 235 g/mol. The van der Waals surface area contributed by atoms with Gasteiger partial charge in [0.1, 0.15) is 0 Å². The van der Waals surface area contributed by atoms with E-state index < -0.39 is 5.91 Å². The third kappa shape index (κ3) is 4.33. The Labute approximate surface area is 98.4 Å². The Morgan fingerprint density at radius 1 is 0.882 bits per heavy atom. The predicted molar refractivity (Wildman–Crippen MR) is 62.0 cm³/mol. The average Bonchev–Trinajstić information content (AvgIpc) is 2.26. The fourth-order valence-corrected chi connectivity index (χ4v) is 1.13. The van der Waals surface area contributed by atoms with Crippen molar-refractivity contribution in [3.8, 4) is 0 Å². The maximum absolute atomic E-state index is 11.5. The van der Waals surface area contributed by atoms with Crippen LogP contribution in [0.25, 0.3) is 0 Å². The van der Waals surface area contributed by atoms with Crippen LogP contribution >= 0.6 is 0 Å². The third-order valence-corrected chi connectivity index (χ3v) is 1.82. The molecule has 0 spiro atoms. The minimum atomic E-state index is -0.422. The lowest BCUT2D eigenvalue weighted by molar-refractivity contribution is -0.119. The van der Waals surface area contributed by atoms with Gasteiger partial charge in [0.05, 0.1) is 0 Å². The molecule has 0 aliphatic carbocycles. The summed E-state index contributed by atoms with van der Waals surface area (Å²) in [6.45, 7) is 2.69. The molecule has 3 N–H and O–H groups in total. The summed E-state index contributed by atoms with van der Waals surface area (Å²) in [5.74, 6) is -0.955. The Kier molecular flexibility index (Phi) is 4.21. The number of nitrogens with one attached hydrogen (secondary N) is 3. The topological polar surface area (TPSA) is 87.3 Å². The number of amides is 3. The van der Waals surface area contributed by atoms with E-state index in [0.717, 1.165) is 0 Å². The molecule has 90 valence electrons. The van der Waals surface area contributed by atoms with Gasteiger partial charge < -0.3 is 5.32 Å². The highest BCUT2D eigenvalue weighted by atomic mass is 16.2. The Morgan fingerprint density at radius 3 is 1.94 bits per heavy atom. The lowest BCUT2D eigenvalue weighted by atomic mass is 10.2. The van der Waals surface area contributed by atoms with Crippen LogP contribution in [0.3, 0.4) is 0 Å². The fourth-order valence-electron chi connectivity index (χ4n) is 1.13. The van der Waals surface area contributed by atoms with Crippen LogP contribution in [0.15, 0.2) is 24.3 Å². The van der Waals surface area contributed by atoms with Gasteiger partial charge in [-0.25, -0.2) is 0 Å². The van der Waals surface area contributed by atoms with Crippen LogP contribution in [0.2, 0.25) is 0 Å². The van der Waals surface area contributed by atoms with Crippen molar-refractivity contribution in [1.29, 1.82) is 0 Å². The molecule has 0 saturated carbocycles. The molecule has 1 aromatic rings. The standard InChI is InChI=1S/C11H13N3O3/c1-7(15)12-10-5-3-9(4-6-10)11(17)14-13-8(2)16/h3-6H,1-2H3,(H,12,15)(H,13,16)(H,14,17). The molecule has 0 saturated heterocycles. The summed E-state index contributed by atoms with van der Waals surface area (Å²) in [5, 5.41) is 2.58. The van der Waals surface area contributed by atoms with Gasteiger partial charge in [-0.1, -0.05) is 0 Å². The Bertz CT molecular complexity index is 440.